The second-order valence-corrected chi connectivity index (χ2v) is 6.82. The van der Waals surface area contributed by atoms with Gasteiger partial charge in [-0.05, 0) is 24.6 Å². The standard InChI is InChI=1S/C18H20N4O3S/c1-25-12-11-22-17(23)9-8-14(21-22)18(24)19-10-4-7-16-20-13-5-2-3-6-15(13)26-16/h2-3,5-6,8-9H,4,7,10-12H2,1H3,(H,19,24). The highest BCUT2D eigenvalue weighted by Crippen LogP contribution is 2.22. The van der Waals surface area contributed by atoms with Crippen molar-refractivity contribution >= 4 is 27.5 Å². The molecule has 3 rings (SSSR count). The molecule has 3 aromatic rings. The van der Waals surface area contributed by atoms with E-state index in [0.717, 1.165) is 23.4 Å². The molecule has 0 aliphatic heterocycles. The lowest BCUT2D eigenvalue weighted by molar-refractivity contribution is 0.0944. The Morgan fingerprint density at radius 3 is 2.92 bits per heavy atom. The molecule has 136 valence electrons. The van der Waals surface area contributed by atoms with Gasteiger partial charge in [-0.15, -0.1) is 11.3 Å². The van der Waals surface area contributed by atoms with Crippen molar-refractivity contribution in [2.45, 2.75) is 19.4 Å². The normalized spacial score (nSPS) is 11.0. The van der Waals surface area contributed by atoms with Crippen LogP contribution in [0.1, 0.15) is 21.9 Å². The van der Waals surface area contributed by atoms with Gasteiger partial charge >= 0.3 is 0 Å². The van der Waals surface area contributed by atoms with E-state index in [1.165, 1.54) is 21.5 Å². The fraction of sp³-hybridized carbons (Fsp3) is 0.333. The minimum atomic E-state index is -0.291. The molecule has 0 saturated carbocycles. The number of aromatic nitrogens is 3. The molecule has 0 spiro atoms. The van der Waals surface area contributed by atoms with Gasteiger partial charge in [-0.3, -0.25) is 9.59 Å². The summed E-state index contributed by atoms with van der Waals surface area (Å²) in [5.74, 6) is -0.291. The largest absolute Gasteiger partial charge is 0.383 e. The van der Waals surface area contributed by atoms with Crippen LogP contribution in [0.2, 0.25) is 0 Å². The topological polar surface area (TPSA) is 86.1 Å². The number of nitrogens with one attached hydrogen (secondary N) is 1. The second kappa shape index (κ2) is 8.68. The minimum Gasteiger partial charge on any atom is -0.383 e. The van der Waals surface area contributed by atoms with Crippen molar-refractivity contribution in [1.29, 1.82) is 0 Å². The molecule has 1 amide bonds. The van der Waals surface area contributed by atoms with Crippen LogP contribution in [-0.4, -0.2) is 40.9 Å². The van der Waals surface area contributed by atoms with Gasteiger partial charge in [0.15, 0.2) is 0 Å². The number of carbonyl (C=O) groups excluding carboxylic acids is 1. The molecule has 7 nitrogen and oxygen atoms in total. The first-order chi connectivity index (χ1) is 12.7. The van der Waals surface area contributed by atoms with Crippen LogP contribution in [-0.2, 0) is 17.7 Å². The predicted molar refractivity (Wildman–Crippen MR) is 101 cm³/mol. The lowest BCUT2D eigenvalue weighted by atomic mass is 10.3. The number of benzene rings is 1. The zero-order valence-corrected chi connectivity index (χ0v) is 15.3. The third kappa shape index (κ3) is 4.53. The smallest absolute Gasteiger partial charge is 0.271 e. The van der Waals surface area contributed by atoms with E-state index in [0.29, 0.717) is 19.7 Å². The summed E-state index contributed by atoms with van der Waals surface area (Å²) in [5.41, 5.74) is 0.981. The molecule has 0 unspecified atom stereocenters. The maximum atomic E-state index is 12.2. The maximum absolute atomic E-state index is 12.2. The van der Waals surface area contributed by atoms with E-state index in [2.05, 4.69) is 21.5 Å². The number of thiazole rings is 1. The second-order valence-electron chi connectivity index (χ2n) is 5.71. The van der Waals surface area contributed by atoms with Crippen LogP contribution in [0.4, 0.5) is 0 Å². The molecule has 0 bridgehead atoms. The molecule has 1 N–H and O–H groups in total. The summed E-state index contributed by atoms with van der Waals surface area (Å²) in [6.07, 6.45) is 1.59. The van der Waals surface area contributed by atoms with Crippen LogP contribution in [0.25, 0.3) is 10.2 Å². The maximum Gasteiger partial charge on any atom is 0.271 e. The molecule has 2 heterocycles. The summed E-state index contributed by atoms with van der Waals surface area (Å²) in [5, 5.41) is 7.97. The van der Waals surface area contributed by atoms with Gasteiger partial charge in [-0.25, -0.2) is 9.67 Å². The molecule has 0 aliphatic carbocycles. The van der Waals surface area contributed by atoms with Crippen molar-refractivity contribution < 1.29 is 9.53 Å². The van der Waals surface area contributed by atoms with Gasteiger partial charge in [0.25, 0.3) is 11.5 Å². The highest BCUT2D eigenvalue weighted by molar-refractivity contribution is 7.18. The zero-order valence-electron chi connectivity index (χ0n) is 14.5. The number of ether oxygens (including phenoxy) is 1. The van der Waals surface area contributed by atoms with Crippen molar-refractivity contribution in [1.82, 2.24) is 20.1 Å². The quantitative estimate of drug-likeness (QED) is 0.610. The van der Waals surface area contributed by atoms with Crippen LogP contribution in [0.3, 0.4) is 0 Å². The van der Waals surface area contributed by atoms with E-state index in [1.54, 1.807) is 18.4 Å². The van der Waals surface area contributed by atoms with Crippen LogP contribution in [0.5, 0.6) is 0 Å². The monoisotopic (exact) mass is 372 g/mol. The fourth-order valence-corrected chi connectivity index (χ4v) is 3.48. The van der Waals surface area contributed by atoms with Gasteiger partial charge in [0.1, 0.15) is 5.69 Å². The molecule has 8 heteroatoms. The number of hydrogen-bond donors (Lipinski definition) is 1. The third-order valence-electron chi connectivity index (χ3n) is 3.80. The average molecular weight is 372 g/mol. The fourth-order valence-electron chi connectivity index (χ4n) is 2.47. The van der Waals surface area contributed by atoms with Gasteiger partial charge in [-0.2, -0.15) is 5.10 Å². The Hall–Kier alpha value is -2.58. The molecule has 0 atom stereocenters. The molecular formula is C18H20N4O3S. The average Bonchev–Trinajstić information content (AvgIpc) is 3.07. The van der Waals surface area contributed by atoms with Crippen molar-refractivity contribution in [3.63, 3.8) is 0 Å². The molecule has 0 radical (unpaired) electrons. The lowest BCUT2D eigenvalue weighted by Crippen LogP contribution is -2.31. The van der Waals surface area contributed by atoms with E-state index >= 15 is 0 Å². The third-order valence-corrected chi connectivity index (χ3v) is 4.89. The molecule has 2 aromatic heterocycles. The predicted octanol–water partition coefficient (Wildman–Crippen LogP) is 1.86. The van der Waals surface area contributed by atoms with Gasteiger partial charge in [0.05, 0.1) is 28.4 Å². The number of aryl methyl sites for hydroxylation is 1. The molecule has 0 aliphatic rings. The van der Waals surface area contributed by atoms with E-state index < -0.39 is 0 Å². The summed E-state index contributed by atoms with van der Waals surface area (Å²) in [4.78, 5) is 28.5. The number of rotatable bonds is 8. The molecule has 26 heavy (non-hydrogen) atoms. The van der Waals surface area contributed by atoms with Gasteiger partial charge in [0, 0.05) is 26.1 Å². The molecule has 0 saturated heterocycles. The Morgan fingerprint density at radius 2 is 2.12 bits per heavy atom. The summed E-state index contributed by atoms with van der Waals surface area (Å²) in [7, 11) is 1.55. The van der Waals surface area contributed by atoms with Crippen LogP contribution in [0.15, 0.2) is 41.2 Å². The van der Waals surface area contributed by atoms with Gasteiger partial charge < -0.3 is 10.1 Å². The van der Waals surface area contributed by atoms with Crippen molar-refractivity contribution in [3.8, 4) is 0 Å². The van der Waals surface area contributed by atoms with Crippen molar-refractivity contribution in [2.75, 3.05) is 20.3 Å². The van der Waals surface area contributed by atoms with E-state index in [9.17, 15) is 9.59 Å². The number of carbonyl (C=O) groups is 1. The highest BCUT2D eigenvalue weighted by Gasteiger charge is 2.09. The van der Waals surface area contributed by atoms with E-state index in [1.807, 2.05) is 18.2 Å². The van der Waals surface area contributed by atoms with E-state index in [4.69, 9.17) is 4.74 Å². The Bertz CT molecular complexity index is 918. The summed E-state index contributed by atoms with van der Waals surface area (Å²) < 4.78 is 7.35. The lowest BCUT2D eigenvalue weighted by Gasteiger charge is -2.07. The first kappa shape index (κ1) is 18.2. The number of methoxy groups -OCH3 is 1. The SMILES string of the molecule is COCCn1nc(C(=O)NCCCc2nc3ccccc3s2)ccc1=O. The molecular weight excluding hydrogens is 352 g/mol. The number of hydrogen-bond acceptors (Lipinski definition) is 6. The first-order valence-electron chi connectivity index (χ1n) is 8.37. The Balaban J connectivity index is 1.51. The summed E-state index contributed by atoms with van der Waals surface area (Å²) in [6.45, 7) is 1.20. The van der Waals surface area contributed by atoms with Crippen molar-refractivity contribution in [3.05, 3.63) is 57.5 Å². The number of para-hydroxylation sites is 1. The minimum absolute atomic E-state index is 0.223. The Morgan fingerprint density at radius 1 is 1.27 bits per heavy atom. The van der Waals surface area contributed by atoms with E-state index in [-0.39, 0.29) is 17.2 Å². The number of amides is 1. The summed E-state index contributed by atoms with van der Waals surface area (Å²) in [6, 6.07) is 10.8. The Kier molecular flexibility index (Phi) is 6.08. The zero-order chi connectivity index (χ0) is 18.4. The Labute approximate surface area is 154 Å². The van der Waals surface area contributed by atoms with Gasteiger partial charge in [-0.1, -0.05) is 12.1 Å². The first-order valence-corrected chi connectivity index (χ1v) is 9.19. The number of fused-ring (bicyclic) bond motifs is 1. The summed E-state index contributed by atoms with van der Waals surface area (Å²) >= 11 is 1.68. The van der Waals surface area contributed by atoms with Gasteiger partial charge in [0.2, 0.25) is 0 Å². The number of nitrogens with zero attached hydrogens (tertiary/aromatic N) is 3. The molecule has 1 aromatic carbocycles. The van der Waals surface area contributed by atoms with Crippen LogP contribution in [0, 0.1) is 0 Å². The van der Waals surface area contributed by atoms with Crippen LogP contribution < -0.4 is 10.9 Å². The molecule has 0 fully saturated rings. The van der Waals surface area contributed by atoms with Crippen LogP contribution >= 0.6 is 11.3 Å². The highest BCUT2D eigenvalue weighted by atomic mass is 32.1. The van der Waals surface area contributed by atoms with Crippen molar-refractivity contribution in [2.24, 2.45) is 0 Å².